The maximum Gasteiger partial charge on any atom is 0.227 e. The predicted octanol–water partition coefficient (Wildman–Crippen LogP) is 3.15. The van der Waals surface area contributed by atoms with Crippen molar-refractivity contribution in [2.45, 2.75) is 19.3 Å². The zero-order chi connectivity index (χ0) is 15.9. The molecule has 1 aliphatic heterocycles. The number of halogens is 2. The highest BCUT2D eigenvalue weighted by Crippen LogP contribution is 2.43. The van der Waals surface area contributed by atoms with E-state index in [-0.39, 0.29) is 18.4 Å². The summed E-state index contributed by atoms with van der Waals surface area (Å²) in [6.45, 7) is 2.29. The molecule has 22 heavy (non-hydrogen) atoms. The number of nitrogens with zero attached hydrogens (tertiary/aromatic N) is 1. The van der Waals surface area contributed by atoms with Crippen molar-refractivity contribution in [3.05, 3.63) is 27.4 Å². The van der Waals surface area contributed by atoms with E-state index < -0.39 is 0 Å². The normalized spacial score (nSPS) is 17.5. The summed E-state index contributed by atoms with van der Waals surface area (Å²) in [5, 5.41) is 13.1. The molecule has 0 radical (unpaired) electrons. The van der Waals surface area contributed by atoms with Crippen molar-refractivity contribution in [2.24, 2.45) is 0 Å². The van der Waals surface area contributed by atoms with Gasteiger partial charge in [0.15, 0.2) is 6.61 Å². The summed E-state index contributed by atoms with van der Waals surface area (Å²) in [5.74, 6) is 0.0786. The molecule has 1 amide bonds. The maximum absolute atomic E-state index is 12.1. The highest BCUT2D eigenvalue weighted by molar-refractivity contribution is 6.45. The summed E-state index contributed by atoms with van der Waals surface area (Å²) in [7, 11) is 0. The minimum Gasteiger partial charge on any atom is -0.478 e. The number of H-pyrrole nitrogens is 1. The first-order valence-corrected chi connectivity index (χ1v) is 7.60. The van der Waals surface area contributed by atoms with Gasteiger partial charge in [-0.25, -0.2) is 0 Å². The topological polar surface area (TPSA) is 77.9 Å². The van der Waals surface area contributed by atoms with Crippen molar-refractivity contribution >= 4 is 40.0 Å². The van der Waals surface area contributed by atoms with E-state index in [1.54, 1.807) is 6.07 Å². The number of carbonyl (C=O) groups is 1. The molecule has 5 nitrogen and oxygen atoms in total. The Morgan fingerprint density at radius 3 is 3.00 bits per heavy atom. The lowest BCUT2D eigenvalue weighted by molar-refractivity contribution is -0.121. The minimum atomic E-state index is -0.340. The summed E-state index contributed by atoms with van der Waals surface area (Å²) < 4.78 is 5.50. The summed E-state index contributed by atoms with van der Waals surface area (Å²) in [4.78, 5) is 15.4. The smallest absolute Gasteiger partial charge is 0.227 e. The van der Waals surface area contributed by atoms with Gasteiger partial charge in [-0.3, -0.25) is 4.79 Å². The van der Waals surface area contributed by atoms with Crippen LogP contribution in [-0.2, 0) is 11.2 Å². The number of hydrogen-bond acceptors (Lipinski definition) is 3. The average molecular weight is 338 g/mol. The van der Waals surface area contributed by atoms with Gasteiger partial charge in [0.1, 0.15) is 11.8 Å². The fourth-order valence-corrected chi connectivity index (χ4v) is 3.24. The van der Waals surface area contributed by atoms with Crippen LogP contribution in [0.1, 0.15) is 24.1 Å². The van der Waals surface area contributed by atoms with Gasteiger partial charge in [-0.15, -0.1) is 0 Å². The lowest BCUT2D eigenvalue weighted by atomic mass is 9.96. The zero-order valence-corrected chi connectivity index (χ0v) is 13.3. The van der Waals surface area contributed by atoms with Crippen LogP contribution in [0.2, 0.25) is 10.0 Å². The third kappa shape index (κ3) is 2.29. The third-order valence-corrected chi connectivity index (χ3v) is 4.63. The zero-order valence-electron chi connectivity index (χ0n) is 11.8. The Morgan fingerprint density at radius 1 is 1.50 bits per heavy atom. The first-order valence-electron chi connectivity index (χ1n) is 6.84. The van der Waals surface area contributed by atoms with Crippen LogP contribution in [0.3, 0.4) is 0 Å². The van der Waals surface area contributed by atoms with Crippen LogP contribution in [-0.4, -0.2) is 24.0 Å². The molecule has 114 valence electrons. The van der Waals surface area contributed by atoms with Crippen LogP contribution in [0.15, 0.2) is 6.07 Å². The van der Waals surface area contributed by atoms with Crippen LogP contribution in [0.5, 0.6) is 5.75 Å². The number of carbonyl (C=O) groups excluding carboxylic acids is 1. The van der Waals surface area contributed by atoms with Crippen LogP contribution < -0.4 is 10.1 Å². The van der Waals surface area contributed by atoms with Crippen LogP contribution in [0, 0.1) is 11.3 Å². The number of hydrogen-bond donors (Lipinski definition) is 2. The van der Waals surface area contributed by atoms with Gasteiger partial charge in [0.05, 0.1) is 21.5 Å². The Hall–Kier alpha value is -1.90. The SMILES string of the molecule is C[C@@H]1C(=O)NCCc2[nH]c3c(Cl)c(Cl)cc(OCC#N)c3c21. The Morgan fingerprint density at radius 2 is 2.27 bits per heavy atom. The summed E-state index contributed by atoms with van der Waals surface area (Å²) in [6, 6.07) is 3.52. The second-order valence-corrected chi connectivity index (χ2v) is 5.93. The van der Waals surface area contributed by atoms with E-state index in [2.05, 4.69) is 10.3 Å². The van der Waals surface area contributed by atoms with Crippen molar-refractivity contribution in [1.29, 1.82) is 5.26 Å². The number of aromatic nitrogens is 1. The largest absolute Gasteiger partial charge is 0.478 e. The molecule has 2 N–H and O–H groups in total. The number of ether oxygens (including phenoxy) is 1. The highest BCUT2D eigenvalue weighted by Gasteiger charge is 2.29. The second-order valence-electron chi connectivity index (χ2n) is 5.15. The summed E-state index contributed by atoms with van der Waals surface area (Å²) in [6.07, 6.45) is 0.672. The molecule has 1 atom stereocenters. The standard InChI is InChI=1S/C15H13Cl2N3O2/c1-7-11-9(2-4-19-15(7)21)20-14-12(11)10(22-5-3-18)6-8(16)13(14)17/h6-7,20H,2,4-5H2,1H3,(H,19,21)/t7-/m0/s1. The lowest BCUT2D eigenvalue weighted by Gasteiger charge is -2.12. The number of nitriles is 1. The molecule has 3 rings (SSSR count). The van der Waals surface area contributed by atoms with E-state index in [9.17, 15) is 4.79 Å². The quantitative estimate of drug-likeness (QED) is 0.883. The van der Waals surface area contributed by atoms with Gasteiger partial charge in [-0.1, -0.05) is 23.2 Å². The number of nitrogens with one attached hydrogen (secondary N) is 2. The Labute approximate surface area is 137 Å². The molecule has 0 aliphatic carbocycles. The highest BCUT2D eigenvalue weighted by atomic mass is 35.5. The molecule has 0 saturated carbocycles. The fraction of sp³-hybridized carbons (Fsp3) is 0.333. The summed E-state index contributed by atoms with van der Waals surface area (Å²) >= 11 is 12.4. The predicted molar refractivity (Wildman–Crippen MR) is 84.6 cm³/mol. The minimum absolute atomic E-state index is 0.0445. The monoisotopic (exact) mass is 337 g/mol. The number of rotatable bonds is 2. The fourth-order valence-electron chi connectivity index (χ4n) is 2.85. The number of amides is 1. The average Bonchev–Trinajstić information content (AvgIpc) is 2.82. The molecule has 1 aliphatic rings. The molecule has 2 aromatic rings. The second kappa shape index (κ2) is 5.71. The first-order chi connectivity index (χ1) is 10.5. The summed E-state index contributed by atoms with van der Waals surface area (Å²) in [5.41, 5.74) is 2.44. The molecule has 0 fully saturated rings. The Kier molecular flexibility index (Phi) is 3.90. The van der Waals surface area contributed by atoms with E-state index in [1.165, 1.54) is 0 Å². The molecule has 0 spiro atoms. The van der Waals surface area contributed by atoms with Crippen molar-refractivity contribution in [2.75, 3.05) is 13.2 Å². The molecule has 7 heteroatoms. The van der Waals surface area contributed by atoms with Gasteiger partial charge in [0, 0.05) is 30.1 Å². The van der Waals surface area contributed by atoms with Crippen molar-refractivity contribution in [3.63, 3.8) is 0 Å². The Balaban J connectivity index is 2.32. The van der Waals surface area contributed by atoms with Gasteiger partial charge >= 0.3 is 0 Å². The molecule has 2 heterocycles. The Bertz CT molecular complexity index is 807. The molecule has 1 aromatic heterocycles. The maximum atomic E-state index is 12.1. The van der Waals surface area contributed by atoms with Crippen molar-refractivity contribution in [3.8, 4) is 11.8 Å². The molecular weight excluding hydrogens is 325 g/mol. The van der Waals surface area contributed by atoms with Gasteiger partial charge in [0.2, 0.25) is 5.91 Å². The molecule has 1 aromatic carbocycles. The molecule has 0 bridgehead atoms. The molecule has 0 saturated heterocycles. The van der Waals surface area contributed by atoms with E-state index >= 15 is 0 Å². The number of benzene rings is 1. The van der Waals surface area contributed by atoms with Crippen molar-refractivity contribution in [1.82, 2.24) is 10.3 Å². The lowest BCUT2D eigenvalue weighted by Crippen LogP contribution is -2.26. The van der Waals surface area contributed by atoms with E-state index in [0.29, 0.717) is 34.3 Å². The van der Waals surface area contributed by atoms with Gasteiger partial charge in [-0.05, 0) is 12.5 Å². The van der Waals surface area contributed by atoms with Crippen LogP contribution in [0.4, 0.5) is 0 Å². The van der Waals surface area contributed by atoms with Crippen LogP contribution >= 0.6 is 23.2 Å². The van der Waals surface area contributed by atoms with E-state index in [1.807, 2.05) is 13.0 Å². The van der Waals surface area contributed by atoms with E-state index in [0.717, 1.165) is 16.6 Å². The van der Waals surface area contributed by atoms with Gasteiger partial charge < -0.3 is 15.0 Å². The van der Waals surface area contributed by atoms with E-state index in [4.69, 9.17) is 33.2 Å². The number of aromatic amines is 1. The number of fused-ring (bicyclic) bond motifs is 3. The first kappa shape index (κ1) is 15.0. The van der Waals surface area contributed by atoms with Gasteiger partial charge in [0.25, 0.3) is 0 Å². The molecular formula is C15H13Cl2N3O2. The third-order valence-electron chi connectivity index (χ3n) is 3.85. The van der Waals surface area contributed by atoms with Crippen LogP contribution in [0.25, 0.3) is 10.9 Å². The van der Waals surface area contributed by atoms with Crippen molar-refractivity contribution < 1.29 is 9.53 Å². The molecule has 0 unspecified atom stereocenters. The van der Waals surface area contributed by atoms with Gasteiger partial charge in [-0.2, -0.15) is 5.26 Å².